The highest BCUT2D eigenvalue weighted by atomic mass is 32.2. The van der Waals surface area contributed by atoms with Gasteiger partial charge in [0.05, 0.1) is 11.3 Å². The van der Waals surface area contributed by atoms with E-state index in [1.54, 1.807) is 0 Å². The van der Waals surface area contributed by atoms with Gasteiger partial charge in [-0.25, -0.2) is 12.7 Å². The maximum Gasteiger partial charge on any atom is 0.217 e. The molecule has 0 bridgehead atoms. The molecule has 1 aliphatic carbocycles. The lowest BCUT2D eigenvalue weighted by atomic mass is 10.0. The van der Waals surface area contributed by atoms with Gasteiger partial charge in [0.2, 0.25) is 10.0 Å². The van der Waals surface area contributed by atoms with Crippen LogP contribution in [0.5, 0.6) is 0 Å². The maximum absolute atomic E-state index is 12.2. The fourth-order valence-corrected chi connectivity index (χ4v) is 4.27. The summed E-state index contributed by atoms with van der Waals surface area (Å²) in [5, 5.41) is 8.31. The summed E-state index contributed by atoms with van der Waals surface area (Å²) in [5.74, 6) is 0. The lowest BCUT2D eigenvalue weighted by molar-refractivity contribution is 0.403. The third kappa shape index (κ3) is 3.19. The lowest BCUT2D eigenvalue weighted by Gasteiger charge is -2.28. The van der Waals surface area contributed by atoms with E-state index in [2.05, 4.69) is 0 Å². The van der Waals surface area contributed by atoms with E-state index in [1.165, 1.54) is 4.31 Å². The van der Waals surface area contributed by atoms with Gasteiger partial charge in [-0.3, -0.25) is 0 Å². The lowest BCUT2D eigenvalue weighted by Crippen LogP contribution is -2.40. The van der Waals surface area contributed by atoms with E-state index in [4.69, 9.17) is 5.26 Å². The van der Waals surface area contributed by atoms with Crippen LogP contribution in [0.2, 0.25) is 0 Å². The van der Waals surface area contributed by atoms with E-state index >= 15 is 0 Å². The average Bonchev–Trinajstić information content (AvgIpc) is 2.31. The van der Waals surface area contributed by atoms with Gasteiger partial charge in [-0.05, 0) is 12.8 Å². The van der Waals surface area contributed by atoms with Gasteiger partial charge in [-0.15, -0.1) is 0 Å². The van der Waals surface area contributed by atoms with Crippen molar-refractivity contribution in [3.63, 3.8) is 0 Å². The molecule has 0 heterocycles. The molecule has 0 spiro atoms. The van der Waals surface area contributed by atoms with Gasteiger partial charge in [-0.2, -0.15) is 5.26 Å². The van der Waals surface area contributed by atoms with Crippen molar-refractivity contribution in [1.82, 2.24) is 4.31 Å². The largest absolute Gasteiger partial charge is 0.217 e. The summed E-state index contributed by atoms with van der Waals surface area (Å²) in [6.45, 7) is 2.64. The van der Waals surface area contributed by atoms with Gasteiger partial charge in [0, 0.05) is 19.5 Å². The van der Waals surface area contributed by atoms with Crippen molar-refractivity contribution in [2.75, 3.05) is 13.1 Å². The van der Waals surface area contributed by atoms with Gasteiger partial charge in [0.1, 0.15) is 0 Å². The first-order chi connectivity index (χ1) is 7.62. The van der Waals surface area contributed by atoms with E-state index in [1.807, 2.05) is 13.0 Å². The molecule has 0 aromatic rings. The van der Waals surface area contributed by atoms with E-state index in [-0.39, 0.29) is 11.7 Å². The zero-order valence-corrected chi connectivity index (χ0v) is 10.7. The Morgan fingerprint density at radius 1 is 1.31 bits per heavy atom. The average molecular weight is 244 g/mol. The zero-order chi connectivity index (χ0) is 12.0. The van der Waals surface area contributed by atoms with Crippen LogP contribution in [0, 0.1) is 11.3 Å². The highest BCUT2D eigenvalue weighted by molar-refractivity contribution is 7.89. The van der Waals surface area contributed by atoms with Crippen LogP contribution in [0.25, 0.3) is 0 Å². The zero-order valence-electron chi connectivity index (χ0n) is 9.85. The van der Waals surface area contributed by atoms with Gasteiger partial charge in [0.25, 0.3) is 0 Å². The van der Waals surface area contributed by atoms with Crippen LogP contribution in [0.4, 0.5) is 0 Å². The SMILES string of the molecule is CCN(CCC#N)S(=O)(=O)C1CCCCC1. The van der Waals surface area contributed by atoms with Gasteiger partial charge < -0.3 is 0 Å². The predicted octanol–water partition coefficient (Wildman–Crippen LogP) is 1.88. The first-order valence-electron chi connectivity index (χ1n) is 5.98. The van der Waals surface area contributed by atoms with Crippen LogP contribution in [-0.4, -0.2) is 31.1 Å². The minimum atomic E-state index is -3.16. The summed E-state index contributed by atoms with van der Waals surface area (Å²) >= 11 is 0. The molecular weight excluding hydrogens is 224 g/mol. The van der Waals surface area contributed by atoms with Gasteiger partial charge in [-0.1, -0.05) is 26.2 Å². The van der Waals surface area contributed by atoms with Crippen LogP contribution in [0.1, 0.15) is 45.4 Å². The number of nitrogens with zero attached hydrogens (tertiary/aromatic N) is 2. The summed E-state index contributed by atoms with van der Waals surface area (Å²) < 4.78 is 25.9. The second-order valence-corrected chi connectivity index (χ2v) is 6.42. The Morgan fingerprint density at radius 3 is 2.44 bits per heavy atom. The standard InChI is InChI=1S/C11H20N2O2S/c1-2-13(10-6-9-12)16(14,15)11-7-4-3-5-8-11/h11H,2-8,10H2,1H3. The first kappa shape index (κ1) is 13.5. The molecule has 92 valence electrons. The van der Waals surface area contributed by atoms with Crippen molar-refractivity contribution in [2.45, 2.75) is 50.7 Å². The molecule has 0 atom stereocenters. The second-order valence-electron chi connectivity index (χ2n) is 4.20. The maximum atomic E-state index is 12.2. The van der Waals surface area contributed by atoms with Crippen molar-refractivity contribution in [3.8, 4) is 6.07 Å². The molecule has 1 fully saturated rings. The van der Waals surface area contributed by atoms with Crippen LogP contribution < -0.4 is 0 Å². The first-order valence-corrected chi connectivity index (χ1v) is 7.49. The third-order valence-corrected chi connectivity index (χ3v) is 5.63. The topological polar surface area (TPSA) is 61.2 Å². The van der Waals surface area contributed by atoms with Crippen molar-refractivity contribution < 1.29 is 8.42 Å². The van der Waals surface area contributed by atoms with E-state index in [0.29, 0.717) is 13.1 Å². The van der Waals surface area contributed by atoms with Gasteiger partial charge >= 0.3 is 0 Å². The van der Waals surface area contributed by atoms with Crippen molar-refractivity contribution in [2.24, 2.45) is 0 Å². The fourth-order valence-electron chi connectivity index (χ4n) is 2.21. The molecule has 1 saturated carbocycles. The smallest absolute Gasteiger partial charge is 0.212 e. The fraction of sp³-hybridized carbons (Fsp3) is 0.909. The van der Waals surface area contributed by atoms with Crippen LogP contribution in [-0.2, 0) is 10.0 Å². The molecule has 1 rings (SSSR count). The van der Waals surface area contributed by atoms with Crippen LogP contribution in [0.3, 0.4) is 0 Å². The van der Waals surface area contributed by atoms with E-state index in [0.717, 1.165) is 32.1 Å². The van der Waals surface area contributed by atoms with Crippen molar-refractivity contribution in [1.29, 1.82) is 5.26 Å². The molecule has 0 unspecified atom stereocenters. The molecule has 0 aliphatic heterocycles. The Balaban J connectivity index is 2.69. The molecule has 0 aromatic carbocycles. The Bertz CT molecular complexity index is 339. The minimum absolute atomic E-state index is 0.208. The Labute approximate surface area is 98.3 Å². The highest BCUT2D eigenvalue weighted by Crippen LogP contribution is 2.25. The second kappa shape index (κ2) is 6.21. The summed E-state index contributed by atoms with van der Waals surface area (Å²) in [4.78, 5) is 0. The molecular formula is C11H20N2O2S. The van der Waals surface area contributed by atoms with Crippen LogP contribution in [0.15, 0.2) is 0 Å². The number of nitriles is 1. The molecule has 0 aromatic heterocycles. The van der Waals surface area contributed by atoms with Crippen molar-refractivity contribution in [3.05, 3.63) is 0 Å². The summed E-state index contributed by atoms with van der Waals surface area (Å²) in [7, 11) is -3.16. The minimum Gasteiger partial charge on any atom is -0.212 e. The normalized spacial score (nSPS) is 18.6. The number of hydrogen-bond donors (Lipinski definition) is 0. The van der Waals surface area contributed by atoms with E-state index in [9.17, 15) is 8.42 Å². The molecule has 16 heavy (non-hydrogen) atoms. The summed E-state index contributed by atoms with van der Waals surface area (Å²) in [6, 6.07) is 2.00. The number of rotatable bonds is 5. The highest BCUT2D eigenvalue weighted by Gasteiger charge is 2.31. The molecule has 5 heteroatoms. The molecule has 0 saturated heterocycles. The quantitative estimate of drug-likeness (QED) is 0.742. The Hall–Kier alpha value is -0.600. The number of hydrogen-bond acceptors (Lipinski definition) is 3. The summed E-state index contributed by atoms with van der Waals surface area (Å²) in [5.41, 5.74) is 0. The van der Waals surface area contributed by atoms with Gasteiger partial charge in [0.15, 0.2) is 0 Å². The number of sulfonamides is 1. The van der Waals surface area contributed by atoms with E-state index < -0.39 is 10.0 Å². The predicted molar refractivity (Wildman–Crippen MR) is 63.3 cm³/mol. The molecule has 1 aliphatic rings. The Morgan fingerprint density at radius 2 is 1.94 bits per heavy atom. The Kier molecular flexibility index (Phi) is 5.23. The summed E-state index contributed by atoms with van der Waals surface area (Å²) in [6.07, 6.45) is 5.02. The molecule has 4 nitrogen and oxygen atoms in total. The molecule has 0 amide bonds. The third-order valence-electron chi connectivity index (χ3n) is 3.16. The monoisotopic (exact) mass is 244 g/mol. The molecule has 0 N–H and O–H groups in total. The van der Waals surface area contributed by atoms with Crippen molar-refractivity contribution >= 4 is 10.0 Å². The molecule has 0 radical (unpaired) electrons. The van der Waals surface area contributed by atoms with Crippen LogP contribution >= 0.6 is 0 Å².